The molecule has 5 aliphatic rings. The van der Waals surface area contributed by atoms with Crippen LogP contribution in [0, 0.1) is 46.3 Å². The molecule has 0 aromatic rings. The van der Waals surface area contributed by atoms with Crippen molar-refractivity contribution in [2.75, 3.05) is 6.54 Å². The molecule has 25 heavy (non-hydrogen) atoms. The highest BCUT2D eigenvalue weighted by Gasteiger charge is 2.66. The fourth-order valence-electron chi connectivity index (χ4n) is 9.02. The lowest BCUT2D eigenvalue weighted by Crippen LogP contribution is -2.58. The van der Waals surface area contributed by atoms with Gasteiger partial charge in [-0.1, -0.05) is 33.6 Å². The second-order valence-electron chi connectivity index (χ2n) is 11.1. The van der Waals surface area contributed by atoms with Gasteiger partial charge in [0.15, 0.2) is 0 Å². The summed E-state index contributed by atoms with van der Waals surface area (Å²) in [6.07, 6.45) is 12.4. The van der Waals surface area contributed by atoms with Crippen LogP contribution in [0.4, 0.5) is 0 Å². The Kier molecular flexibility index (Phi) is 3.89. The smallest absolute Gasteiger partial charge is 0.0591 e. The minimum absolute atomic E-state index is 0.0635. The van der Waals surface area contributed by atoms with Crippen LogP contribution in [0.25, 0.3) is 0 Å². The Hall–Kier alpha value is -0.0800. The molecule has 5 rings (SSSR count). The Morgan fingerprint density at radius 3 is 2.36 bits per heavy atom. The number of aliphatic hydroxyl groups excluding tert-OH is 1. The van der Waals surface area contributed by atoms with E-state index in [0.29, 0.717) is 22.8 Å². The summed E-state index contributed by atoms with van der Waals surface area (Å²) >= 11 is 0. The topological polar surface area (TPSA) is 32.3 Å². The van der Waals surface area contributed by atoms with Crippen LogP contribution in [0.3, 0.4) is 0 Å². The SMILES string of the molecule is C[C@@H]1CCCC2C1CC[C@@]1(C)C2CCC2C(C3CCN3)C(O)CC21C. The zero-order valence-electron chi connectivity index (χ0n) is 16.6. The largest absolute Gasteiger partial charge is 0.393 e. The molecule has 142 valence electrons. The van der Waals surface area contributed by atoms with Crippen molar-refractivity contribution in [2.24, 2.45) is 46.3 Å². The fraction of sp³-hybridized carbons (Fsp3) is 1.00. The molecule has 0 radical (unpaired) electrons. The van der Waals surface area contributed by atoms with E-state index in [1.54, 1.807) is 0 Å². The molecule has 4 saturated carbocycles. The molecule has 1 heterocycles. The zero-order chi connectivity index (χ0) is 17.4. The van der Waals surface area contributed by atoms with Gasteiger partial charge in [0.05, 0.1) is 6.10 Å². The standard InChI is InChI=1S/C23H39NO/c1-14-5-4-6-16-15(14)9-11-22(2)17(16)7-8-18-21(19-10-12-24-19)20(25)13-23(18,22)3/h14-21,24-25H,4-13H2,1-3H3/t14-,15?,16?,17?,18?,19?,20?,21?,22+,23?/m1/s1. The molecule has 0 aromatic heterocycles. The monoisotopic (exact) mass is 345 g/mol. The Morgan fingerprint density at radius 2 is 1.64 bits per heavy atom. The van der Waals surface area contributed by atoms with Gasteiger partial charge in [-0.05, 0) is 91.9 Å². The maximum Gasteiger partial charge on any atom is 0.0591 e. The maximum atomic E-state index is 11.1. The summed E-state index contributed by atoms with van der Waals surface area (Å²) in [5.41, 5.74) is 0.830. The molecule has 10 atom stereocenters. The first-order valence-corrected chi connectivity index (χ1v) is 11.4. The number of hydrogen-bond acceptors (Lipinski definition) is 2. The molecule has 1 aliphatic heterocycles. The van der Waals surface area contributed by atoms with Crippen molar-refractivity contribution >= 4 is 0 Å². The van der Waals surface area contributed by atoms with Gasteiger partial charge < -0.3 is 10.4 Å². The molecule has 0 aromatic carbocycles. The average molecular weight is 346 g/mol. The molecule has 2 N–H and O–H groups in total. The number of fused-ring (bicyclic) bond motifs is 5. The molecule has 0 spiro atoms. The van der Waals surface area contributed by atoms with E-state index in [1.807, 2.05) is 0 Å². The summed E-state index contributed by atoms with van der Waals surface area (Å²) < 4.78 is 0. The Morgan fingerprint density at radius 1 is 0.880 bits per heavy atom. The van der Waals surface area contributed by atoms with Crippen LogP contribution in [0.15, 0.2) is 0 Å². The summed E-state index contributed by atoms with van der Waals surface area (Å²) in [7, 11) is 0. The summed E-state index contributed by atoms with van der Waals surface area (Å²) in [6.45, 7) is 8.95. The molecule has 2 nitrogen and oxygen atoms in total. The molecule has 2 heteroatoms. The highest BCUT2D eigenvalue weighted by molar-refractivity contribution is 5.16. The van der Waals surface area contributed by atoms with Crippen molar-refractivity contribution in [1.82, 2.24) is 5.32 Å². The number of rotatable bonds is 1. The molecule has 1 saturated heterocycles. The predicted octanol–water partition coefficient (Wildman–Crippen LogP) is 4.61. The highest BCUT2D eigenvalue weighted by Crippen LogP contribution is 2.71. The predicted molar refractivity (Wildman–Crippen MR) is 102 cm³/mol. The fourth-order valence-corrected chi connectivity index (χ4v) is 9.02. The molecule has 8 unspecified atom stereocenters. The van der Waals surface area contributed by atoms with E-state index in [4.69, 9.17) is 0 Å². The molecule has 0 amide bonds. The summed E-state index contributed by atoms with van der Waals surface area (Å²) in [4.78, 5) is 0. The lowest BCUT2D eigenvalue weighted by atomic mass is 9.41. The second-order valence-corrected chi connectivity index (χ2v) is 11.1. The van der Waals surface area contributed by atoms with Crippen LogP contribution < -0.4 is 5.32 Å². The van der Waals surface area contributed by atoms with E-state index in [0.717, 1.165) is 36.0 Å². The van der Waals surface area contributed by atoms with Crippen molar-refractivity contribution in [3.8, 4) is 0 Å². The third-order valence-electron chi connectivity index (χ3n) is 10.6. The Balaban J connectivity index is 1.47. The van der Waals surface area contributed by atoms with E-state index in [9.17, 15) is 5.11 Å². The summed E-state index contributed by atoms with van der Waals surface area (Å²) in [6, 6.07) is 0.605. The van der Waals surface area contributed by atoms with Crippen molar-refractivity contribution in [3.05, 3.63) is 0 Å². The van der Waals surface area contributed by atoms with Crippen LogP contribution in [0.1, 0.15) is 78.6 Å². The maximum absolute atomic E-state index is 11.1. The third-order valence-corrected chi connectivity index (χ3v) is 10.6. The summed E-state index contributed by atoms with van der Waals surface area (Å²) in [5.74, 6) is 5.14. The first-order valence-electron chi connectivity index (χ1n) is 11.4. The van der Waals surface area contributed by atoms with Crippen LogP contribution in [0.2, 0.25) is 0 Å². The molecular weight excluding hydrogens is 306 g/mol. The van der Waals surface area contributed by atoms with Gasteiger partial charge in [0, 0.05) is 12.0 Å². The molecular formula is C23H39NO. The Labute approximate surface area is 154 Å². The van der Waals surface area contributed by atoms with Crippen LogP contribution in [0.5, 0.6) is 0 Å². The Bertz CT molecular complexity index is 530. The first kappa shape index (κ1) is 17.0. The first-order chi connectivity index (χ1) is 12.0. The van der Waals surface area contributed by atoms with Crippen LogP contribution in [-0.4, -0.2) is 23.8 Å². The quantitative estimate of drug-likeness (QED) is 0.727. The van der Waals surface area contributed by atoms with E-state index in [-0.39, 0.29) is 6.10 Å². The van der Waals surface area contributed by atoms with Gasteiger partial charge in [-0.2, -0.15) is 0 Å². The minimum Gasteiger partial charge on any atom is -0.393 e. The number of hydrogen-bond donors (Lipinski definition) is 2. The minimum atomic E-state index is -0.0635. The second kappa shape index (κ2) is 5.71. The highest BCUT2D eigenvalue weighted by atomic mass is 16.3. The van der Waals surface area contributed by atoms with E-state index in [1.165, 1.54) is 57.9 Å². The summed E-state index contributed by atoms with van der Waals surface area (Å²) in [5, 5.41) is 14.7. The van der Waals surface area contributed by atoms with Crippen molar-refractivity contribution < 1.29 is 5.11 Å². The van der Waals surface area contributed by atoms with E-state index in [2.05, 4.69) is 26.1 Å². The van der Waals surface area contributed by atoms with Gasteiger partial charge in [-0.25, -0.2) is 0 Å². The van der Waals surface area contributed by atoms with Crippen LogP contribution in [-0.2, 0) is 0 Å². The van der Waals surface area contributed by atoms with Gasteiger partial charge in [0.1, 0.15) is 0 Å². The number of aliphatic hydroxyl groups is 1. The zero-order valence-corrected chi connectivity index (χ0v) is 16.6. The normalized spacial score (nSPS) is 61.0. The molecule has 5 fully saturated rings. The third kappa shape index (κ3) is 2.16. The van der Waals surface area contributed by atoms with E-state index >= 15 is 0 Å². The number of nitrogens with one attached hydrogen (secondary N) is 1. The average Bonchev–Trinajstić information content (AvgIpc) is 2.78. The van der Waals surface area contributed by atoms with Crippen molar-refractivity contribution in [1.29, 1.82) is 0 Å². The van der Waals surface area contributed by atoms with Gasteiger partial charge >= 0.3 is 0 Å². The van der Waals surface area contributed by atoms with E-state index < -0.39 is 0 Å². The lowest BCUT2D eigenvalue weighted by molar-refractivity contribution is -0.153. The van der Waals surface area contributed by atoms with Gasteiger partial charge in [0.2, 0.25) is 0 Å². The van der Waals surface area contributed by atoms with Crippen molar-refractivity contribution in [3.63, 3.8) is 0 Å². The molecule has 4 aliphatic carbocycles. The molecule has 0 bridgehead atoms. The lowest BCUT2D eigenvalue weighted by Gasteiger charge is -2.64. The van der Waals surface area contributed by atoms with Gasteiger partial charge in [-0.15, -0.1) is 0 Å². The van der Waals surface area contributed by atoms with Gasteiger partial charge in [-0.3, -0.25) is 0 Å². The van der Waals surface area contributed by atoms with Crippen molar-refractivity contribution in [2.45, 2.75) is 90.7 Å². The van der Waals surface area contributed by atoms with Gasteiger partial charge in [0.25, 0.3) is 0 Å². The van der Waals surface area contributed by atoms with Crippen LogP contribution >= 0.6 is 0 Å².